The summed E-state index contributed by atoms with van der Waals surface area (Å²) in [6.45, 7) is 2.63. The van der Waals surface area contributed by atoms with Gasteiger partial charge in [0.1, 0.15) is 0 Å². The lowest BCUT2D eigenvalue weighted by Crippen LogP contribution is -2.35. The molecule has 1 aliphatic carbocycles. The summed E-state index contributed by atoms with van der Waals surface area (Å²) in [5.74, 6) is -0.219. The first-order chi connectivity index (χ1) is 13.1. The highest BCUT2D eigenvalue weighted by Crippen LogP contribution is 2.30. The number of likely N-dealkylation sites (tertiary alicyclic amines) is 1. The fourth-order valence-corrected chi connectivity index (χ4v) is 4.89. The Kier molecular flexibility index (Phi) is 5.25. The maximum Gasteiger partial charge on any atom is 0.231 e. The van der Waals surface area contributed by atoms with Crippen LogP contribution in [0.5, 0.6) is 0 Å². The first-order valence-corrected chi connectivity index (χ1v) is 10.5. The molecule has 1 atom stereocenters. The Balaban J connectivity index is 1.34. The molecule has 1 N–H and O–H groups in total. The monoisotopic (exact) mass is 383 g/mol. The lowest BCUT2D eigenvalue weighted by atomic mass is 10.1. The third-order valence-corrected chi connectivity index (χ3v) is 6.49. The van der Waals surface area contributed by atoms with Crippen LogP contribution in [0, 0.1) is 12.8 Å². The van der Waals surface area contributed by atoms with Crippen LogP contribution in [0.2, 0.25) is 0 Å². The number of hydrogen-bond donors (Lipinski definition) is 1. The van der Waals surface area contributed by atoms with E-state index in [1.165, 1.54) is 35.3 Å². The zero-order valence-electron chi connectivity index (χ0n) is 15.6. The quantitative estimate of drug-likeness (QED) is 0.855. The Labute approximate surface area is 163 Å². The number of carbonyl (C=O) groups is 2. The Morgan fingerprint density at radius 2 is 2.00 bits per heavy atom. The number of nitrogens with one attached hydrogen (secondary N) is 1. The number of aryl methyl sites for hydroxylation is 1. The van der Waals surface area contributed by atoms with E-state index in [9.17, 15) is 9.59 Å². The number of benzene rings is 1. The van der Waals surface area contributed by atoms with Crippen molar-refractivity contribution in [2.45, 2.75) is 51.5 Å². The molecule has 0 radical (unpaired) electrons. The minimum atomic E-state index is -0.262. The summed E-state index contributed by atoms with van der Waals surface area (Å²) in [6.07, 6.45) is 7.49. The van der Waals surface area contributed by atoms with E-state index in [1.807, 2.05) is 11.1 Å². The summed E-state index contributed by atoms with van der Waals surface area (Å²) in [4.78, 5) is 32.3. The molecule has 4 rings (SSSR count). The van der Waals surface area contributed by atoms with E-state index in [4.69, 9.17) is 0 Å². The third kappa shape index (κ3) is 4.21. The predicted molar refractivity (Wildman–Crippen MR) is 107 cm³/mol. The van der Waals surface area contributed by atoms with Crippen molar-refractivity contribution < 1.29 is 9.59 Å². The van der Waals surface area contributed by atoms with E-state index >= 15 is 0 Å². The standard InChI is InChI=1S/C21H25N3O2S/c1-14-6-8-15(9-7-14)10-18-12-22-21(27-18)23-20(26)16-11-19(25)24(13-16)17-4-2-3-5-17/h6-9,12,16-17H,2-5,10-11,13H2,1H3,(H,22,23,26). The summed E-state index contributed by atoms with van der Waals surface area (Å²) >= 11 is 1.50. The van der Waals surface area contributed by atoms with Gasteiger partial charge in [0, 0.05) is 36.5 Å². The minimum Gasteiger partial charge on any atom is -0.339 e. The number of aromatic nitrogens is 1. The Morgan fingerprint density at radius 3 is 2.74 bits per heavy atom. The smallest absolute Gasteiger partial charge is 0.231 e. The summed E-state index contributed by atoms with van der Waals surface area (Å²) in [7, 11) is 0. The summed E-state index contributed by atoms with van der Waals surface area (Å²) in [5.41, 5.74) is 2.48. The van der Waals surface area contributed by atoms with Crippen molar-refractivity contribution in [1.29, 1.82) is 0 Å². The predicted octanol–water partition coefficient (Wildman–Crippen LogP) is 3.77. The number of rotatable bonds is 5. The lowest BCUT2D eigenvalue weighted by molar-refractivity contribution is -0.129. The van der Waals surface area contributed by atoms with Gasteiger partial charge in [-0.25, -0.2) is 4.98 Å². The fourth-order valence-electron chi connectivity index (χ4n) is 4.04. The number of thiazole rings is 1. The zero-order chi connectivity index (χ0) is 18.8. The van der Waals surface area contributed by atoms with Gasteiger partial charge in [-0.15, -0.1) is 11.3 Å². The zero-order valence-corrected chi connectivity index (χ0v) is 16.4. The largest absolute Gasteiger partial charge is 0.339 e. The van der Waals surface area contributed by atoms with Crippen molar-refractivity contribution >= 4 is 28.3 Å². The van der Waals surface area contributed by atoms with E-state index in [0.717, 1.165) is 24.1 Å². The molecule has 2 amide bonds. The van der Waals surface area contributed by atoms with Crippen molar-refractivity contribution in [1.82, 2.24) is 9.88 Å². The molecule has 0 spiro atoms. The van der Waals surface area contributed by atoms with Gasteiger partial charge in [0.25, 0.3) is 0 Å². The van der Waals surface area contributed by atoms with Gasteiger partial charge in [0.15, 0.2) is 5.13 Å². The molecule has 2 aliphatic rings. The molecule has 1 saturated heterocycles. The number of nitrogens with zero attached hydrogens (tertiary/aromatic N) is 2. The molecule has 6 heteroatoms. The highest BCUT2D eigenvalue weighted by Gasteiger charge is 2.38. The topological polar surface area (TPSA) is 62.3 Å². The normalized spacial score (nSPS) is 20.4. The van der Waals surface area contributed by atoms with Crippen LogP contribution in [0.1, 0.15) is 48.1 Å². The molecule has 27 heavy (non-hydrogen) atoms. The Morgan fingerprint density at radius 1 is 1.26 bits per heavy atom. The van der Waals surface area contributed by atoms with E-state index in [-0.39, 0.29) is 17.7 Å². The van der Waals surface area contributed by atoms with Crippen LogP contribution in [0.4, 0.5) is 5.13 Å². The van der Waals surface area contributed by atoms with Gasteiger partial charge < -0.3 is 10.2 Å². The SMILES string of the molecule is Cc1ccc(Cc2cnc(NC(=O)C3CC(=O)N(C4CCCC4)C3)s2)cc1. The van der Waals surface area contributed by atoms with Crippen molar-refractivity contribution in [2.75, 3.05) is 11.9 Å². The van der Waals surface area contributed by atoms with Gasteiger partial charge in [-0.3, -0.25) is 9.59 Å². The van der Waals surface area contributed by atoms with Crippen molar-refractivity contribution in [3.63, 3.8) is 0 Å². The first-order valence-electron chi connectivity index (χ1n) is 9.69. The van der Waals surface area contributed by atoms with Crippen LogP contribution < -0.4 is 5.32 Å². The molecule has 2 fully saturated rings. The molecule has 0 bridgehead atoms. The van der Waals surface area contributed by atoms with Gasteiger partial charge >= 0.3 is 0 Å². The van der Waals surface area contributed by atoms with Gasteiger partial charge in [-0.2, -0.15) is 0 Å². The van der Waals surface area contributed by atoms with Gasteiger partial charge in [-0.05, 0) is 25.3 Å². The summed E-state index contributed by atoms with van der Waals surface area (Å²) in [5, 5.41) is 3.54. The number of hydrogen-bond acceptors (Lipinski definition) is 4. The molecule has 2 heterocycles. The first kappa shape index (κ1) is 18.2. The average Bonchev–Trinajstić information content (AvgIpc) is 3.38. The van der Waals surface area contributed by atoms with Crippen molar-refractivity contribution in [3.05, 3.63) is 46.5 Å². The molecule has 1 unspecified atom stereocenters. The van der Waals surface area contributed by atoms with Crippen molar-refractivity contribution in [3.8, 4) is 0 Å². The van der Waals surface area contributed by atoms with Crippen molar-refractivity contribution in [2.24, 2.45) is 5.92 Å². The summed E-state index contributed by atoms with van der Waals surface area (Å²) in [6, 6.07) is 8.79. The maximum atomic E-state index is 12.6. The lowest BCUT2D eigenvalue weighted by Gasteiger charge is -2.23. The molecule has 142 valence electrons. The average molecular weight is 384 g/mol. The van der Waals surface area contributed by atoms with E-state index in [1.54, 1.807) is 0 Å². The molecule has 5 nitrogen and oxygen atoms in total. The van der Waals surface area contributed by atoms with Crippen LogP contribution in [0.25, 0.3) is 0 Å². The third-order valence-electron chi connectivity index (χ3n) is 5.58. The van der Waals surface area contributed by atoms with Crippen LogP contribution in [0.3, 0.4) is 0 Å². The second kappa shape index (κ2) is 7.80. The molecule has 1 saturated carbocycles. The summed E-state index contributed by atoms with van der Waals surface area (Å²) < 4.78 is 0. The van der Waals surface area contributed by atoms with E-state index < -0.39 is 0 Å². The molecule has 2 aromatic rings. The number of anilines is 1. The molecule has 1 aromatic heterocycles. The Bertz CT molecular complexity index is 824. The van der Waals surface area contributed by atoms with Gasteiger partial charge in [-0.1, -0.05) is 42.7 Å². The van der Waals surface area contributed by atoms with Crippen LogP contribution in [-0.2, 0) is 16.0 Å². The number of amides is 2. The van der Waals surface area contributed by atoms with Crippen LogP contribution >= 0.6 is 11.3 Å². The van der Waals surface area contributed by atoms with Gasteiger partial charge in [0.05, 0.1) is 5.92 Å². The molecule has 1 aromatic carbocycles. The maximum absolute atomic E-state index is 12.6. The minimum absolute atomic E-state index is 0.0833. The second-order valence-corrected chi connectivity index (χ2v) is 8.78. The van der Waals surface area contributed by atoms with Crippen LogP contribution in [0.15, 0.2) is 30.5 Å². The molecule has 1 aliphatic heterocycles. The molecular weight excluding hydrogens is 358 g/mol. The Hall–Kier alpha value is -2.21. The second-order valence-electron chi connectivity index (χ2n) is 7.67. The number of carbonyl (C=O) groups excluding carboxylic acids is 2. The highest BCUT2D eigenvalue weighted by molar-refractivity contribution is 7.15. The van der Waals surface area contributed by atoms with Gasteiger partial charge in [0.2, 0.25) is 11.8 Å². The van der Waals surface area contributed by atoms with Crippen LogP contribution in [-0.4, -0.2) is 34.3 Å². The highest BCUT2D eigenvalue weighted by atomic mass is 32.1. The molecular formula is C21H25N3O2S. The van der Waals surface area contributed by atoms with E-state index in [2.05, 4.69) is 41.5 Å². The fraction of sp³-hybridized carbons (Fsp3) is 0.476. The van der Waals surface area contributed by atoms with E-state index in [0.29, 0.717) is 24.1 Å².